The number of rotatable bonds is 2. The van der Waals surface area contributed by atoms with Crippen molar-refractivity contribution in [1.29, 1.82) is 0 Å². The summed E-state index contributed by atoms with van der Waals surface area (Å²) in [7, 11) is 0. The Balaban J connectivity index is 2.25. The van der Waals surface area contributed by atoms with Gasteiger partial charge in [0.25, 0.3) is 5.69 Å². The fourth-order valence-electron chi connectivity index (χ4n) is 1.83. The first kappa shape index (κ1) is 9.15. The third-order valence-electron chi connectivity index (χ3n) is 2.61. The summed E-state index contributed by atoms with van der Waals surface area (Å²) in [6.45, 7) is 1.94. The number of benzene rings is 1. The minimum atomic E-state index is -0.341. The molecular formula is C10H12N2O2. The number of nitrogens with zero attached hydrogens (tertiary/aromatic N) is 1. The van der Waals surface area contributed by atoms with Crippen LogP contribution in [0.25, 0.3) is 0 Å². The van der Waals surface area contributed by atoms with Gasteiger partial charge in [-0.25, -0.2) is 0 Å². The fourth-order valence-corrected chi connectivity index (χ4v) is 1.83. The van der Waals surface area contributed by atoms with E-state index < -0.39 is 0 Å². The molecule has 1 atom stereocenters. The summed E-state index contributed by atoms with van der Waals surface area (Å²) in [5, 5.41) is 13.8. The molecule has 1 aromatic rings. The number of nitro groups is 1. The lowest BCUT2D eigenvalue weighted by Crippen LogP contribution is -2.08. The van der Waals surface area contributed by atoms with Gasteiger partial charge in [-0.3, -0.25) is 10.1 Å². The second kappa shape index (κ2) is 3.75. The predicted molar refractivity (Wildman–Crippen MR) is 53.3 cm³/mol. The number of nitro benzene ring substituents is 1. The van der Waals surface area contributed by atoms with Crippen molar-refractivity contribution in [1.82, 2.24) is 5.32 Å². The molecule has 1 aliphatic rings. The average Bonchev–Trinajstić information content (AvgIpc) is 2.71. The van der Waals surface area contributed by atoms with Crippen LogP contribution < -0.4 is 5.32 Å². The van der Waals surface area contributed by atoms with Crippen molar-refractivity contribution in [3.8, 4) is 0 Å². The van der Waals surface area contributed by atoms with Crippen LogP contribution in [0.5, 0.6) is 0 Å². The highest BCUT2D eigenvalue weighted by atomic mass is 16.6. The number of nitrogens with one attached hydrogen (secondary N) is 1. The normalized spacial score (nSPS) is 21.0. The molecule has 1 aromatic carbocycles. The van der Waals surface area contributed by atoms with E-state index in [2.05, 4.69) is 5.32 Å². The van der Waals surface area contributed by atoms with Gasteiger partial charge < -0.3 is 5.32 Å². The van der Waals surface area contributed by atoms with Gasteiger partial charge in [-0.1, -0.05) is 12.1 Å². The van der Waals surface area contributed by atoms with E-state index in [1.807, 2.05) is 6.07 Å². The zero-order chi connectivity index (χ0) is 9.97. The molecule has 0 radical (unpaired) electrons. The fraction of sp³-hybridized carbons (Fsp3) is 0.400. The molecule has 2 rings (SSSR count). The number of hydrogen-bond donors (Lipinski definition) is 1. The predicted octanol–water partition coefficient (Wildman–Crippen LogP) is 1.67. The molecule has 0 saturated carbocycles. The van der Waals surface area contributed by atoms with Gasteiger partial charge in [0.05, 0.1) is 4.92 Å². The van der Waals surface area contributed by atoms with E-state index in [-0.39, 0.29) is 10.6 Å². The molecular weight excluding hydrogens is 180 g/mol. The van der Waals surface area contributed by atoms with Crippen molar-refractivity contribution in [2.45, 2.75) is 12.3 Å². The Labute approximate surface area is 82.1 Å². The van der Waals surface area contributed by atoms with Gasteiger partial charge in [-0.05, 0) is 24.4 Å². The van der Waals surface area contributed by atoms with Gasteiger partial charge in [0, 0.05) is 18.7 Å². The molecule has 0 amide bonds. The molecule has 0 bridgehead atoms. The van der Waals surface area contributed by atoms with Gasteiger partial charge in [-0.15, -0.1) is 0 Å². The Morgan fingerprint density at radius 1 is 1.50 bits per heavy atom. The number of hydrogen-bond acceptors (Lipinski definition) is 3. The molecule has 0 spiro atoms. The molecule has 1 saturated heterocycles. The SMILES string of the molecule is O=[N+]([O-])c1cccc(C2CCNC2)c1. The lowest BCUT2D eigenvalue weighted by molar-refractivity contribution is -0.384. The van der Waals surface area contributed by atoms with E-state index in [0.717, 1.165) is 25.1 Å². The van der Waals surface area contributed by atoms with Crippen molar-refractivity contribution >= 4 is 5.69 Å². The summed E-state index contributed by atoms with van der Waals surface area (Å²) in [6.07, 6.45) is 1.07. The molecule has 4 heteroatoms. The van der Waals surface area contributed by atoms with Crippen LogP contribution in [0.15, 0.2) is 24.3 Å². The van der Waals surface area contributed by atoms with E-state index >= 15 is 0 Å². The molecule has 1 unspecified atom stereocenters. The Kier molecular flexibility index (Phi) is 2.45. The van der Waals surface area contributed by atoms with Crippen molar-refractivity contribution in [2.24, 2.45) is 0 Å². The highest BCUT2D eigenvalue weighted by Gasteiger charge is 2.18. The third-order valence-corrected chi connectivity index (χ3v) is 2.61. The zero-order valence-corrected chi connectivity index (χ0v) is 7.77. The van der Waals surface area contributed by atoms with Gasteiger partial charge in [0.15, 0.2) is 0 Å². The van der Waals surface area contributed by atoms with Gasteiger partial charge >= 0.3 is 0 Å². The molecule has 14 heavy (non-hydrogen) atoms. The Morgan fingerprint density at radius 2 is 2.36 bits per heavy atom. The van der Waals surface area contributed by atoms with Crippen LogP contribution in [-0.2, 0) is 0 Å². The molecule has 1 heterocycles. The monoisotopic (exact) mass is 192 g/mol. The second-order valence-corrected chi connectivity index (χ2v) is 3.54. The van der Waals surface area contributed by atoms with Gasteiger partial charge in [0.2, 0.25) is 0 Å². The first-order valence-corrected chi connectivity index (χ1v) is 4.72. The maximum Gasteiger partial charge on any atom is 0.269 e. The first-order valence-electron chi connectivity index (χ1n) is 4.72. The Morgan fingerprint density at radius 3 is 3.00 bits per heavy atom. The van der Waals surface area contributed by atoms with Gasteiger partial charge in [0.1, 0.15) is 0 Å². The molecule has 0 aliphatic carbocycles. The minimum absolute atomic E-state index is 0.189. The summed E-state index contributed by atoms with van der Waals surface area (Å²) < 4.78 is 0. The minimum Gasteiger partial charge on any atom is -0.316 e. The van der Waals surface area contributed by atoms with E-state index in [9.17, 15) is 10.1 Å². The van der Waals surface area contributed by atoms with Crippen LogP contribution in [0.2, 0.25) is 0 Å². The zero-order valence-electron chi connectivity index (χ0n) is 7.77. The highest BCUT2D eigenvalue weighted by Crippen LogP contribution is 2.25. The van der Waals surface area contributed by atoms with Gasteiger partial charge in [-0.2, -0.15) is 0 Å². The van der Waals surface area contributed by atoms with Crippen LogP contribution in [0.1, 0.15) is 17.9 Å². The van der Waals surface area contributed by atoms with Crippen LogP contribution in [0.4, 0.5) is 5.69 Å². The average molecular weight is 192 g/mol. The quantitative estimate of drug-likeness (QED) is 0.572. The lowest BCUT2D eigenvalue weighted by atomic mass is 9.98. The lowest BCUT2D eigenvalue weighted by Gasteiger charge is -2.07. The van der Waals surface area contributed by atoms with Crippen LogP contribution in [0, 0.1) is 10.1 Å². The molecule has 1 N–H and O–H groups in total. The largest absolute Gasteiger partial charge is 0.316 e. The van der Waals surface area contributed by atoms with E-state index in [1.165, 1.54) is 6.07 Å². The Hall–Kier alpha value is -1.42. The topological polar surface area (TPSA) is 55.2 Å². The molecule has 4 nitrogen and oxygen atoms in total. The molecule has 1 fully saturated rings. The maximum atomic E-state index is 10.6. The van der Waals surface area contributed by atoms with Crippen LogP contribution in [0.3, 0.4) is 0 Å². The van der Waals surface area contributed by atoms with E-state index in [4.69, 9.17) is 0 Å². The van der Waals surface area contributed by atoms with Crippen molar-refractivity contribution in [2.75, 3.05) is 13.1 Å². The first-order chi connectivity index (χ1) is 6.77. The van der Waals surface area contributed by atoms with E-state index in [1.54, 1.807) is 12.1 Å². The molecule has 1 aliphatic heterocycles. The molecule has 74 valence electrons. The third kappa shape index (κ3) is 1.75. The summed E-state index contributed by atoms with van der Waals surface area (Å²) in [6, 6.07) is 6.93. The van der Waals surface area contributed by atoms with Crippen molar-refractivity contribution < 1.29 is 4.92 Å². The standard InChI is InChI=1S/C10H12N2O2/c13-12(14)10-3-1-2-8(6-10)9-4-5-11-7-9/h1-3,6,9,11H,4-5,7H2. The Bertz CT molecular complexity index is 346. The number of non-ortho nitro benzene ring substituents is 1. The summed E-state index contributed by atoms with van der Waals surface area (Å²) in [4.78, 5) is 10.2. The second-order valence-electron chi connectivity index (χ2n) is 3.54. The maximum absolute atomic E-state index is 10.6. The smallest absolute Gasteiger partial charge is 0.269 e. The molecule has 0 aromatic heterocycles. The summed E-state index contributed by atoms with van der Waals surface area (Å²) in [5.74, 6) is 0.440. The highest BCUT2D eigenvalue weighted by molar-refractivity contribution is 5.36. The van der Waals surface area contributed by atoms with Crippen molar-refractivity contribution in [3.63, 3.8) is 0 Å². The van der Waals surface area contributed by atoms with E-state index in [0.29, 0.717) is 5.92 Å². The van der Waals surface area contributed by atoms with Crippen LogP contribution >= 0.6 is 0 Å². The van der Waals surface area contributed by atoms with Crippen molar-refractivity contribution in [3.05, 3.63) is 39.9 Å². The summed E-state index contributed by atoms with van der Waals surface area (Å²) in [5.41, 5.74) is 1.26. The van der Waals surface area contributed by atoms with Crippen LogP contribution in [-0.4, -0.2) is 18.0 Å². The summed E-state index contributed by atoms with van der Waals surface area (Å²) >= 11 is 0.